The maximum absolute atomic E-state index is 11.9. The average Bonchev–Trinajstić information content (AvgIpc) is 2.22. The van der Waals surface area contributed by atoms with Gasteiger partial charge in [0.1, 0.15) is 0 Å². The number of hydrogen-bond acceptors (Lipinski definition) is 0. The average molecular weight is 118 g/mol. The van der Waals surface area contributed by atoms with Gasteiger partial charge in [-0.2, -0.15) is 0 Å². The van der Waals surface area contributed by atoms with Gasteiger partial charge < -0.3 is 0 Å². The van der Waals surface area contributed by atoms with Crippen LogP contribution in [0.5, 0.6) is 0 Å². The first-order chi connectivity index (χ1) is 3.61. The second kappa shape index (κ2) is 0.829. The lowest BCUT2D eigenvalue weighted by atomic mass is 10.2. The van der Waals surface area contributed by atoms with E-state index in [1.54, 1.807) is 0 Å². The van der Waals surface area contributed by atoms with Gasteiger partial charge in [0, 0.05) is 5.41 Å². The van der Waals surface area contributed by atoms with Crippen LogP contribution in [-0.4, -0.2) is 6.43 Å². The zero-order valence-electron chi connectivity index (χ0n) is 4.75. The van der Waals surface area contributed by atoms with Crippen LogP contribution in [0.3, 0.4) is 0 Å². The molecule has 0 aromatic rings. The minimum absolute atomic E-state index is 0.0845. The predicted octanol–water partition coefficient (Wildman–Crippen LogP) is 2.05. The van der Waals surface area contributed by atoms with Gasteiger partial charge in [0.25, 0.3) is 0 Å². The molecule has 0 saturated heterocycles. The van der Waals surface area contributed by atoms with Crippen LogP contribution >= 0.6 is 0 Å². The largest absolute Gasteiger partial charge is 0.244 e. The van der Waals surface area contributed by atoms with Gasteiger partial charge in [-0.3, -0.25) is 0 Å². The van der Waals surface area contributed by atoms with Crippen molar-refractivity contribution in [3.8, 4) is 0 Å². The van der Waals surface area contributed by atoms with E-state index in [-0.39, 0.29) is 5.41 Å². The standard InChI is InChI=1S/C6H8F2/c1-5-2-6(5,3-5)4(7)8/h4H,2-3H2,1H3. The van der Waals surface area contributed by atoms with Gasteiger partial charge in [0.15, 0.2) is 0 Å². The first kappa shape index (κ1) is 4.71. The fraction of sp³-hybridized carbons (Fsp3) is 1.00. The molecule has 2 aliphatic rings. The number of halogens is 2. The van der Waals surface area contributed by atoms with E-state index in [4.69, 9.17) is 0 Å². The smallest absolute Gasteiger partial charge is 0.210 e. The maximum Gasteiger partial charge on any atom is 0.244 e. The third-order valence-electron chi connectivity index (χ3n) is 2.78. The van der Waals surface area contributed by atoms with Crippen molar-refractivity contribution in [2.45, 2.75) is 26.2 Å². The van der Waals surface area contributed by atoms with Gasteiger partial charge in [-0.25, -0.2) is 8.78 Å². The van der Waals surface area contributed by atoms with Crippen LogP contribution in [0.15, 0.2) is 0 Å². The van der Waals surface area contributed by atoms with E-state index in [0.717, 1.165) is 12.8 Å². The van der Waals surface area contributed by atoms with Crippen molar-refractivity contribution in [3.63, 3.8) is 0 Å². The monoisotopic (exact) mass is 118 g/mol. The minimum Gasteiger partial charge on any atom is -0.210 e. The van der Waals surface area contributed by atoms with Crippen LogP contribution in [0, 0.1) is 10.8 Å². The maximum atomic E-state index is 11.9. The molecule has 0 heterocycles. The fourth-order valence-corrected chi connectivity index (χ4v) is 1.67. The van der Waals surface area contributed by atoms with Crippen LogP contribution in [0.4, 0.5) is 8.78 Å². The summed E-state index contributed by atoms with van der Waals surface area (Å²) in [7, 11) is 0. The highest BCUT2D eigenvalue weighted by atomic mass is 19.3. The molecule has 2 rings (SSSR count). The lowest BCUT2D eigenvalue weighted by Gasteiger charge is -1.96. The zero-order chi connectivity index (χ0) is 5.99. The van der Waals surface area contributed by atoms with E-state index < -0.39 is 11.8 Å². The fourth-order valence-electron chi connectivity index (χ4n) is 1.67. The molecular weight excluding hydrogens is 110 g/mol. The van der Waals surface area contributed by atoms with Crippen LogP contribution in [0.2, 0.25) is 0 Å². The summed E-state index contributed by atoms with van der Waals surface area (Å²) in [6, 6.07) is 0. The van der Waals surface area contributed by atoms with Crippen molar-refractivity contribution in [1.82, 2.24) is 0 Å². The Morgan fingerprint density at radius 2 is 1.75 bits per heavy atom. The summed E-state index contributed by atoms with van der Waals surface area (Å²) in [6.07, 6.45) is -0.498. The van der Waals surface area contributed by atoms with Crippen molar-refractivity contribution in [3.05, 3.63) is 0 Å². The Morgan fingerprint density at radius 1 is 1.38 bits per heavy atom. The van der Waals surface area contributed by atoms with Crippen LogP contribution in [0.25, 0.3) is 0 Å². The van der Waals surface area contributed by atoms with Crippen LogP contribution < -0.4 is 0 Å². The summed E-state index contributed by atoms with van der Waals surface area (Å²) in [5.74, 6) is 0. The predicted molar refractivity (Wildman–Crippen MR) is 25.8 cm³/mol. The highest BCUT2D eigenvalue weighted by Crippen LogP contribution is 2.87. The van der Waals surface area contributed by atoms with Crippen molar-refractivity contribution in [2.75, 3.05) is 0 Å². The molecule has 2 aliphatic carbocycles. The molecule has 8 heavy (non-hydrogen) atoms. The Morgan fingerprint density at radius 3 is 1.75 bits per heavy atom. The second-order valence-corrected chi connectivity index (χ2v) is 3.37. The summed E-state index contributed by atoms with van der Waals surface area (Å²) in [5.41, 5.74) is -0.395. The Kier molecular flexibility index (Phi) is 0.488. The normalized spacial score (nSPS) is 58.5. The Labute approximate surface area is 46.9 Å². The topological polar surface area (TPSA) is 0 Å². The first-order valence-electron chi connectivity index (χ1n) is 2.89. The Balaban J connectivity index is 2.13. The molecule has 0 amide bonds. The second-order valence-electron chi connectivity index (χ2n) is 3.37. The molecule has 0 N–H and O–H groups in total. The van der Waals surface area contributed by atoms with Crippen molar-refractivity contribution in [1.29, 1.82) is 0 Å². The minimum atomic E-state index is -2.05. The summed E-state index contributed by atoms with van der Waals surface area (Å²) >= 11 is 0. The molecule has 2 heteroatoms. The van der Waals surface area contributed by atoms with E-state index >= 15 is 0 Å². The molecule has 0 atom stereocenters. The first-order valence-corrected chi connectivity index (χ1v) is 2.89. The highest BCUT2D eigenvalue weighted by molar-refractivity contribution is 5.29. The van der Waals surface area contributed by atoms with Gasteiger partial charge in [-0.05, 0) is 18.3 Å². The van der Waals surface area contributed by atoms with Gasteiger partial charge in [0.2, 0.25) is 6.43 Å². The molecule has 0 radical (unpaired) electrons. The SMILES string of the molecule is CC12CC1(C(F)F)C2. The summed E-state index contributed by atoms with van der Waals surface area (Å²) in [4.78, 5) is 0. The molecule has 0 aromatic carbocycles. The lowest BCUT2D eigenvalue weighted by Crippen LogP contribution is -1.99. The Bertz CT molecular complexity index is 133. The molecule has 46 valence electrons. The zero-order valence-corrected chi connectivity index (χ0v) is 4.75. The van der Waals surface area contributed by atoms with E-state index in [9.17, 15) is 8.78 Å². The molecule has 0 unspecified atom stereocenters. The van der Waals surface area contributed by atoms with Gasteiger partial charge >= 0.3 is 0 Å². The van der Waals surface area contributed by atoms with E-state index in [0.29, 0.717) is 0 Å². The molecule has 2 saturated carbocycles. The number of fused-ring (bicyclic) bond motifs is 1. The molecule has 0 bridgehead atoms. The molecule has 0 aliphatic heterocycles. The number of rotatable bonds is 1. The van der Waals surface area contributed by atoms with Gasteiger partial charge in [-0.15, -0.1) is 0 Å². The van der Waals surface area contributed by atoms with E-state index in [2.05, 4.69) is 0 Å². The van der Waals surface area contributed by atoms with E-state index in [1.165, 1.54) is 0 Å². The van der Waals surface area contributed by atoms with Gasteiger partial charge in [-0.1, -0.05) is 6.92 Å². The molecule has 0 nitrogen and oxygen atoms in total. The van der Waals surface area contributed by atoms with Gasteiger partial charge in [0.05, 0.1) is 0 Å². The molecular formula is C6H8F2. The van der Waals surface area contributed by atoms with Crippen molar-refractivity contribution >= 4 is 0 Å². The van der Waals surface area contributed by atoms with E-state index in [1.807, 2.05) is 6.92 Å². The van der Waals surface area contributed by atoms with Crippen LogP contribution in [-0.2, 0) is 0 Å². The quantitative estimate of drug-likeness (QED) is 0.494. The molecule has 0 spiro atoms. The molecule has 0 aromatic heterocycles. The summed E-state index contributed by atoms with van der Waals surface area (Å²) in [6.45, 7) is 1.94. The third-order valence-corrected chi connectivity index (χ3v) is 2.78. The highest BCUT2D eigenvalue weighted by Gasteiger charge is 2.84. The lowest BCUT2D eigenvalue weighted by molar-refractivity contribution is 0.0922. The molecule has 2 fully saturated rings. The van der Waals surface area contributed by atoms with Crippen LogP contribution in [0.1, 0.15) is 19.8 Å². The van der Waals surface area contributed by atoms with Crippen molar-refractivity contribution in [2.24, 2.45) is 10.8 Å². The third kappa shape index (κ3) is 0.265. The summed E-state index contributed by atoms with van der Waals surface area (Å²) < 4.78 is 23.8. The number of hydrogen-bond donors (Lipinski definition) is 0. The summed E-state index contributed by atoms with van der Waals surface area (Å²) in [5, 5.41) is 0. The number of alkyl halides is 2. The van der Waals surface area contributed by atoms with Crippen molar-refractivity contribution < 1.29 is 8.78 Å². The Hall–Kier alpha value is -0.140.